The fraction of sp³-hybridized carbons (Fsp3) is 0.172. The Morgan fingerprint density at radius 3 is 2.51 bits per heavy atom. The molecule has 1 amide bonds. The highest BCUT2D eigenvalue weighted by Crippen LogP contribution is 2.35. The quantitative estimate of drug-likeness (QED) is 0.203. The number of hydrogen-bond acceptors (Lipinski definition) is 4. The maximum absolute atomic E-state index is 12.8. The lowest BCUT2D eigenvalue weighted by Gasteiger charge is -2.16. The Morgan fingerprint density at radius 1 is 1.17 bits per heavy atom. The van der Waals surface area contributed by atoms with E-state index >= 15 is 0 Å². The third-order valence-electron chi connectivity index (χ3n) is 5.36. The molecule has 178 valence electrons. The Kier molecular flexibility index (Phi) is 9.11. The van der Waals surface area contributed by atoms with Crippen molar-refractivity contribution in [1.29, 1.82) is 5.26 Å². The molecule has 0 unspecified atom stereocenters. The SMILES string of the molecule is C=CCc1cc(/C=C(/C#N)C(=O)N[C@@H](C)c2ccccc2)cc(OC)c1OCc1ccc(Cl)cc1. The third-order valence-corrected chi connectivity index (χ3v) is 5.61. The van der Waals surface area contributed by atoms with Crippen LogP contribution in [0.4, 0.5) is 0 Å². The molecular formula is C29H27ClN2O3. The third kappa shape index (κ3) is 6.99. The molecule has 0 saturated carbocycles. The first-order chi connectivity index (χ1) is 16.9. The van der Waals surface area contributed by atoms with E-state index in [0.29, 0.717) is 35.1 Å². The molecule has 0 fully saturated rings. The normalized spacial score (nSPS) is 11.8. The number of hydrogen-bond donors (Lipinski definition) is 1. The van der Waals surface area contributed by atoms with Gasteiger partial charge in [-0.3, -0.25) is 4.79 Å². The van der Waals surface area contributed by atoms with Crippen LogP contribution in [0.15, 0.2) is 85.0 Å². The number of nitriles is 1. The van der Waals surface area contributed by atoms with Gasteiger partial charge < -0.3 is 14.8 Å². The zero-order valence-electron chi connectivity index (χ0n) is 19.8. The summed E-state index contributed by atoms with van der Waals surface area (Å²) in [5.41, 5.74) is 3.39. The Hall–Kier alpha value is -4.01. The molecule has 0 spiro atoms. The van der Waals surface area contributed by atoms with E-state index in [0.717, 1.165) is 16.7 Å². The van der Waals surface area contributed by atoms with Crippen molar-refractivity contribution >= 4 is 23.6 Å². The predicted molar refractivity (Wildman–Crippen MR) is 139 cm³/mol. The average molecular weight is 487 g/mol. The van der Waals surface area contributed by atoms with Crippen LogP contribution in [0.3, 0.4) is 0 Å². The van der Waals surface area contributed by atoms with Crippen LogP contribution in [-0.4, -0.2) is 13.0 Å². The fourth-order valence-electron chi connectivity index (χ4n) is 3.54. The number of benzene rings is 3. The van der Waals surface area contributed by atoms with Crippen LogP contribution in [0.1, 0.15) is 35.2 Å². The predicted octanol–water partition coefficient (Wildman–Crippen LogP) is 6.44. The standard InChI is InChI=1S/C29H27ClN2O3/c1-4-8-24-15-22(16-25(18-31)29(33)32-20(2)23-9-6-5-7-10-23)17-27(34-3)28(24)35-19-21-11-13-26(30)14-12-21/h4-7,9-17,20H,1,8,19H2,2-3H3,(H,32,33)/b25-16-/t20-/m0/s1. The van der Waals surface area contributed by atoms with Gasteiger partial charge in [-0.25, -0.2) is 0 Å². The number of ether oxygens (including phenoxy) is 2. The van der Waals surface area contributed by atoms with Crippen molar-refractivity contribution in [2.24, 2.45) is 0 Å². The van der Waals surface area contributed by atoms with E-state index in [4.69, 9.17) is 21.1 Å². The highest BCUT2D eigenvalue weighted by Gasteiger charge is 2.16. The van der Waals surface area contributed by atoms with E-state index in [1.165, 1.54) is 0 Å². The zero-order valence-corrected chi connectivity index (χ0v) is 20.5. The fourth-order valence-corrected chi connectivity index (χ4v) is 3.67. The summed E-state index contributed by atoms with van der Waals surface area (Å²) < 4.78 is 11.7. The van der Waals surface area contributed by atoms with Crippen LogP contribution in [-0.2, 0) is 17.8 Å². The number of nitrogens with zero attached hydrogens (tertiary/aromatic N) is 1. The van der Waals surface area contributed by atoms with Crippen LogP contribution < -0.4 is 14.8 Å². The van der Waals surface area contributed by atoms with Gasteiger partial charge >= 0.3 is 0 Å². The second kappa shape index (κ2) is 12.5. The molecule has 1 N–H and O–H groups in total. The number of carbonyl (C=O) groups excluding carboxylic acids is 1. The molecule has 6 heteroatoms. The van der Waals surface area contributed by atoms with Crippen molar-refractivity contribution in [3.05, 3.63) is 112 Å². The highest BCUT2D eigenvalue weighted by molar-refractivity contribution is 6.30. The minimum atomic E-state index is -0.448. The van der Waals surface area contributed by atoms with Crippen LogP contribution >= 0.6 is 11.6 Å². The molecule has 0 saturated heterocycles. The molecule has 0 aromatic heterocycles. The summed E-state index contributed by atoms with van der Waals surface area (Å²) >= 11 is 5.97. The van der Waals surface area contributed by atoms with Gasteiger partial charge in [0.1, 0.15) is 18.2 Å². The lowest BCUT2D eigenvalue weighted by Crippen LogP contribution is -2.27. The Balaban J connectivity index is 1.86. The van der Waals surface area contributed by atoms with Gasteiger partial charge in [0.15, 0.2) is 11.5 Å². The van der Waals surface area contributed by atoms with E-state index in [1.807, 2.05) is 73.7 Å². The minimum absolute atomic E-state index is 0.00535. The van der Waals surface area contributed by atoms with E-state index in [2.05, 4.69) is 11.9 Å². The number of halogens is 1. The molecule has 1 atom stereocenters. The van der Waals surface area contributed by atoms with Crippen molar-refractivity contribution in [2.75, 3.05) is 7.11 Å². The molecule has 0 aliphatic rings. The molecule has 0 heterocycles. The summed E-state index contributed by atoms with van der Waals surface area (Å²) in [6, 6.07) is 22.4. The number of carbonyl (C=O) groups is 1. The molecule has 3 rings (SSSR count). The molecule has 0 aliphatic heterocycles. The van der Waals surface area contributed by atoms with Gasteiger partial charge in [-0.05, 0) is 60.4 Å². The number of amides is 1. The van der Waals surface area contributed by atoms with Crippen LogP contribution in [0, 0.1) is 11.3 Å². The first kappa shape index (κ1) is 25.6. The first-order valence-electron chi connectivity index (χ1n) is 11.1. The van der Waals surface area contributed by atoms with Crippen LogP contribution in [0.2, 0.25) is 5.02 Å². The molecular weight excluding hydrogens is 460 g/mol. The number of rotatable bonds is 10. The van der Waals surface area contributed by atoms with Crippen molar-refractivity contribution in [3.8, 4) is 17.6 Å². The minimum Gasteiger partial charge on any atom is -0.493 e. The lowest BCUT2D eigenvalue weighted by atomic mass is 10.0. The molecule has 35 heavy (non-hydrogen) atoms. The second-order valence-corrected chi connectivity index (χ2v) is 8.33. The van der Waals surface area contributed by atoms with Crippen molar-refractivity contribution in [2.45, 2.75) is 26.0 Å². The van der Waals surface area contributed by atoms with E-state index in [1.54, 1.807) is 25.3 Å². The number of methoxy groups -OCH3 is 1. The van der Waals surface area contributed by atoms with Gasteiger partial charge in [0.05, 0.1) is 13.2 Å². The van der Waals surface area contributed by atoms with E-state index < -0.39 is 5.91 Å². The second-order valence-electron chi connectivity index (χ2n) is 7.90. The topological polar surface area (TPSA) is 71.4 Å². The van der Waals surface area contributed by atoms with Crippen molar-refractivity contribution < 1.29 is 14.3 Å². The molecule has 0 radical (unpaired) electrons. The van der Waals surface area contributed by atoms with Crippen molar-refractivity contribution in [3.63, 3.8) is 0 Å². The molecule has 0 bridgehead atoms. The van der Waals surface area contributed by atoms with Gasteiger partial charge in [-0.1, -0.05) is 60.1 Å². The largest absolute Gasteiger partial charge is 0.493 e. The van der Waals surface area contributed by atoms with Crippen LogP contribution in [0.5, 0.6) is 11.5 Å². The van der Waals surface area contributed by atoms with Gasteiger partial charge in [-0.2, -0.15) is 5.26 Å². The average Bonchev–Trinajstić information content (AvgIpc) is 2.87. The summed E-state index contributed by atoms with van der Waals surface area (Å²) in [5, 5.41) is 13.2. The molecule has 3 aromatic carbocycles. The first-order valence-corrected chi connectivity index (χ1v) is 11.5. The monoisotopic (exact) mass is 486 g/mol. The van der Waals surface area contributed by atoms with Gasteiger partial charge in [0.2, 0.25) is 0 Å². The Labute approximate surface area is 211 Å². The number of nitrogens with one attached hydrogen (secondary N) is 1. The van der Waals surface area contributed by atoms with Crippen molar-refractivity contribution in [1.82, 2.24) is 5.32 Å². The summed E-state index contributed by atoms with van der Waals surface area (Å²) in [7, 11) is 1.55. The molecule has 0 aliphatic carbocycles. The summed E-state index contributed by atoms with van der Waals surface area (Å²) in [6.45, 7) is 6.04. The highest BCUT2D eigenvalue weighted by atomic mass is 35.5. The molecule has 5 nitrogen and oxygen atoms in total. The molecule has 3 aromatic rings. The lowest BCUT2D eigenvalue weighted by molar-refractivity contribution is -0.117. The summed E-state index contributed by atoms with van der Waals surface area (Å²) in [6.07, 6.45) is 3.83. The maximum Gasteiger partial charge on any atom is 0.262 e. The smallest absolute Gasteiger partial charge is 0.262 e. The Morgan fingerprint density at radius 2 is 1.89 bits per heavy atom. The van der Waals surface area contributed by atoms with Crippen LogP contribution in [0.25, 0.3) is 6.08 Å². The van der Waals surface area contributed by atoms with Gasteiger partial charge in [-0.15, -0.1) is 6.58 Å². The van der Waals surface area contributed by atoms with E-state index in [-0.39, 0.29) is 11.6 Å². The van der Waals surface area contributed by atoms with Gasteiger partial charge in [0, 0.05) is 10.6 Å². The zero-order chi connectivity index (χ0) is 25.2. The summed E-state index contributed by atoms with van der Waals surface area (Å²) in [4.78, 5) is 12.8. The Bertz CT molecular complexity index is 1250. The maximum atomic E-state index is 12.8. The van der Waals surface area contributed by atoms with Gasteiger partial charge in [0.25, 0.3) is 5.91 Å². The number of allylic oxidation sites excluding steroid dienone is 1. The summed E-state index contributed by atoms with van der Waals surface area (Å²) in [5.74, 6) is 0.635. The van der Waals surface area contributed by atoms with E-state index in [9.17, 15) is 10.1 Å².